The first-order valence-corrected chi connectivity index (χ1v) is 8.49. The molecule has 7 nitrogen and oxygen atoms in total. The van der Waals surface area contributed by atoms with Crippen molar-refractivity contribution in [3.05, 3.63) is 49.1 Å². The second-order valence-corrected chi connectivity index (χ2v) is 6.13. The minimum absolute atomic E-state index is 0.0257. The Hall–Kier alpha value is -2.83. The van der Waals surface area contributed by atoms with E-state index in [1.54, 1.807) is 24.5 Å². The number of urea groups is 1. The molecule has 1 aromatic heterocycles. The molecule has 1 fully saturated rings. The van der Waals surface area contributed by atoms with E-state index >= 15 is 0 Å². The number of hydrogen-bond acceptors (Lipinski definition) is 3. The summed E-state index contributed by atoms with van der Waals surface area (Å²) >= 11 is 0. The molecule has 3 amide bonds. The SMILES string of the molecule is CN(C(=O)NCCCn1ccnc1)[C@@H]1CCN(c2ccccc2)C1=O. The molecule has 1 aliphatic heterocycles. The second kappa shape index (κ2) is 7.83. The smallest absolute Gasteiger partial charge is 0.317 e. The summed E-state index contributed by atoms with van der Waals surface area (Å²) in [7, 11) is 1.68. The maximum atomic E-state index is 12.6. The molecule has 1 saturated heterocycles. The van der Waals surface area contributed by atoms with E-state index in [1.165, 1.54) is 4.90 Å². The summed E-state index contributed by atoms with van der Waals surface area (Å²) in [5.41, 5.74) is 0.879. The van der Waals surface area contributed by atoms with Gasteiger partial charge in [0.25, 0.3) is 0 Å². The van der Waals surface area contributed by atoms with Gasteiger partial charge in [-0.2, -0.15) is 0 Å². The molecule has 132 valence electrons. The van der Waals surface area contributed by atoms with Crippen LogP contribution in [0.4, 0.5) is 10.5 Å². The van der Waals surface area contributed by atoms with Crippen LogP contribution in [0.1, 0.15) is 12.8 Å². The van der Waals surface area contributed by atoms with E-state index in [0.717, 1.165) is 18.7 Å². The first kappa shape index (κ1) is 17.0. The monoisotopic (exact) mass is 341 g/mol. The highest BCUT2D eigenvalue weighted by Gasteiger charge is 2.37. The van der Waals surface area contributed by atoms with Crippen LogP contribution in [-0.4, -0.2) is 52.6 Å². The van der Waals surface area contributed by atoms with E-state index in [4.69, 9.17) is 0 Å². The Bertz CT molecular complexity index is 702. The third-order valence-electron chi connectivity index (χ3n) is 4.46. The number of nitrogens with zero attached hydrogens (tertiary/aromatic N) is 4. The van der Waals surface area contributed by atoms with Gasteiger partial charge in [0.05, 0.1) is 6.33 Å². The van der Waals surface area contributed by atoms with Gasteiger partial charge in [0, 0.05) is 44.8 Å². The summed E-state index contributed by atoms with van der Waals surface area (Å²) in [5.74, 6) is -0.0257. The van der Waals surface area contributed by atoms with Gasteiger partial charge < -0.3 is 19.7 Å². The highest BCUT2D eigenvalue weighted by molar-refractivity contribution is 6.01. The number of hydrogen-bond donors (Lipinski definition) is 1. The molecule has 0 unspecified atom stereocenters. The average Bonchev–Trinajstić information content (AvgIpc) is 3.28. The quantitative estimate of drug-likeness (QED) is 0.813. The first-order valence-electron chi connectivity index (χ1n) is 8.49. The minimum atomic E-state index is -0.408. The van der Waals surface area contributed by atoms with Crippen molar-refractivity contribution in [2.75, 3.05) is 25.0 Å². The van der Waals surface area contributed by atoms with Gasteiger partial charge in [-0.1, -0.05) is 18.2 Å². The van der Waals surface area contributed by atoms with Gasteiger partial charge in [-0.25, -0.2) is 9.78 Å². The minimum Gasteiger partial charge on any atom is -0.338 e. The number of imidazole rings is 1. The fraction of sp³-hybridized carbons (Fsp3) is 0.389. The average molecular weight is 341 g/mol. The number of carbonyl (C=O) groups excluding carboxylic acids is 2. The van der Waals surface area contributed by atoms with Crippen LogP contribution in [0.3, 0.4) is 0 Å². The molecule has 0 saturated carbocycles. The number of aryl methyl sites for hydroxylation is 1. The zero-order chi connectivity index (χ0) is 17.6. The Balaban J connectivity index is 1.48. The maximum absolute atomic E-state index is 12.6. The lowest BCUT2D eigenvalue weighted by atomic mass is 10.2. The normalized spacial score (nSPS) is 16.9. The predicted molar refractivity (Wildman–Crippen MR) is 95.2 cm³/mol. The number of anilines is 1. The molecule has 2 aromatic rings. The van der Waals surface area contributed by atoms with Crippen molar-refractivity contribution in [1.29, 1.82) is 0 Å². The number of rotatable bonds is 6. The second-order valence-electron chi connectivity index (χ2n) is 6.13. The Kier molecular flexibility index (Phi) is 5.33. The van der Waals surface area contributed by atoms with Crippen molar-refractivity contribution in [3.8, 4) is 0 Å². The number of aromatic nitrogens is 2. The Morgan fingerprint density at radius 1 is 1.36 bits per heavy atom. The Morgan fingerprint density at radius 3 is 2.88 bits per heavy atom. The highest BCUT2D eigenvalue weighted by atomic mass is 16.2. The van der Waals surface area contributed by atoms with Gasteiger partial charge in [0.15, 0.2) is 0 Å². The summed E-state index contributed by atoms with van der Waals surface area (Å²) < 4.78 is 1.97. The van der Waals surface area contributed by atoms with E-state index in [-0.39, 0.29) is 11.9 Å². The number of nitrogens with one attached hydrogen (secondary N) is 1. The summed E-state index contributed by atoms with van der Waals surface area (Å²) in [5, 5.41) is 2.88. The van der Waals surface area contributed by atoms with Crippen molar-refractivity contribution in [3.63, 3.8) is 0 Å². The topological polar surface area (TPSA) is 70.5 Å². The fourth-order valence-corrected chi connectivity index (χ4v) is 3.03. The van der Waals surface area contributed by atoms with Gasteiger partial charge in [0.1, 0.15) is 6.04 Å². The molecule has 25 heavy (non-hydrogen) atoms. The molecule has 0 bridgehead atoms. The first-order chi connectivity index (χ1) is 12.2. The van der Waals surface area contributed by atoms with Gasteiger partial charge in [-0.15, -0.1) is 0 Å². The number of carbonyl (C=O) groups is 2. The fourth-order valence-electron chi connectivity index (χ4n) is 3.03. The van der Waals surface area contributed by atoms with Crippen LogP contribution in [0.25, 0.3) is 0 Å². The van der Waals surface area contributed by atoms with Crippen LogP contribution in [0.15, 0.2) is 49.1 Å². The van der Waals surface area contributed by atoms with Crippen LogP contribution < -0.4 is 10.2 Å². The highest BCUT2D eigenvalue weighted by Crippen LogP contribution is 2.23. The zero-order valence-corrected chi connectivity index (χ0v) is 14.3. The van der Waals surface area contributed by atoms with E-state index in [9.17, 15) is 9.59 Å². The predicted octanol–water partition coefficient (Wildman–Crippen LogP) is 1.72. The lowest BCUT2D eigenvalue weighted by molar-refractivity contribution is -0.120. The van der Waals surface area contributed by atoms with Crippen LogP contribution in [-0.2, 0) is 11.3 Å². The van der Waals surface area contributed by atoms with E-state index < -0.39 is 6.04 Å². The maximum Gasteiger partial charge on any atom is 0.317 e. The third-order valence-corrected chi connectivity index (χ3v) is 4.46. The molecule has 1 aliphatic rings. The van der Waals surface area contributed by atoms with Crippen LogP contribution in [0.2, 0.25) is 0 Å². The van der Waals surface area contributed by atoms with Gasteiger partial charge in [-0.3, -0.25) is 4.79 Å². The molecule has 1 aromatic carbocycles. The van der Waals surface area contributed by atoms with Crippen molar-refractivity contribution < 1.29 is 9.59 Å². The molecule has 3 rings (SSSR count). The molecule has 1 atom stereocenters. The molecule has 0 radical (unpaired) electrons. The van der Waals surface area contributed by atoms with E-state index in [1.807, 2.05) is 41.1 Å². The van der Waals surface area contributed by atoms with E-state index in [2.05, 4.69) is 10.3 Å². The van der Waals surface area contributed by atoms with Crippen molar-refractivity contribution in [2.24, 2.45) is 0 Å². The lowest BCUT2D eigenvalue weighted by Gasteiger charge is -2.24. The summed E-state index contributed by atoms with van der Waals surface area (Å²) in [6.07, 6.45) is 6.83. The zero-order valence-electron chi connectivity index (χ0n) is 14.3. The van der Waals surface area contributed by atoms with Crippen LogP contribution >= 0.6 is 0 Å². The van der Waals surface area contributed by atoms with Crippen LogP contribution in [0, 0.1) is 0 Å². The third kappa shape index (κ3) is 3.99. The van der Waals surface area contributed by atoms with Crippen LogP contribution in [0.5, 0.6) is 0 Å². The summed E-state index contributed by atoms with van der Waals surface area (Å²) in [6.45, 7) is 1.99. The van der Waals surface area contributed by atoms with Crippen molar-refractivity contribution in [1.82, 2.24) is 19.8 Å². The number of likely N-dealkylation sites (N-methyl/N-ethyl adjacent to an activating group) is 1. The van der Waals surface area contributed by atoms with Crippen molar-refractivity contribution in [2.45, 2.75) is 25.4 Å². The molecule has 0 aliphatic carbocycles. The lowest BCUT2D eigenvalue weighted by Crippen LogP contribution is -2.47. The number of amides is 3. The molecule has 7 heteroatoms. The van der Waals surface area contributed by atoms with Gasteiger partial charge in [-0.05, 0) is 25.0 Å². The van der Waals surface area contributed by atoms with Crippen molar-refractivity contribution >= 4 is 17.6 Å². The molecule has 0 spiro atoms. The van der Waals surface area contributed by atoms with E-state index in [0.29, 0.717) is 19.5 Å². The Morgan fingerprint density at radius 2 is 2.16 bits per heavy atom. The molecule has 1 N–H and O–H groups in total. The molecular formula is C18H23N5O2. The molecule has 2 heterocycles. The Labute approximate surface area is 147 Å². The summed E-state index contributed by atoms with van der Waals surface area (Å²) in [6, 6.07) is 8.95. The number of para-hydroxylation sites is 1. The summed E-state index contributed by atoms with van der Waals surface area (Å²) in [4.78, 5) is 32.2. The molecular weight excluding hydrogens is 318 g/mol. The largest absolute Gasteiger partial charge is 0.338 e. The van der Waals surface area contributed by atoms with Gasteiger partial charge >= 0.3 is 6.03 Å². The number of benzene rings is 1. The standard InChI is InChI=1S/C18H23N5O2/c1-21(18(25)20-9-5-11-22-13-10-19-14-22)16-8-12-23(17(16)24)15-6-3-2-4-7-15/h2-4,6-7,10,13-14,16H,5,8-9,11-12H2,1H3,(H,20,25)/t16-/m1/s1. The van der Waals surface area contributed by atoms with Gasteiger partial charge in [0.2, 0.25) is 5.91 Å².